The number of anilines is 1. The van der Waals surface area contributed by atoms with Gasteiger partial charge < -0.3 is 14.8 Å². The van der Waals surface area contributed by atoms with E-state index < -0.39 is 17.6 Å². The van der Waals surface area contributed by atoms with Gasteiger partial charge in [-0.2, -0.15) is 5.10 Å². The van der Waals surface area contributed by atoms with E-state index in [1.54, 1.807) is 24.3 Å². The predicted molar refractivity (Wildman–Crippen MR) is 122 cm³/mol. The largest absolute Gasteiger partial charge is 0.493 e. The summed E-state index contributed by atoms with van der Waals surface area (Å²) in [6, 6.07) is 14.6. The zero-order chi connectivity index (χ0) is 23.8. The minimum absolute atomic E-state index is 0.119. The Morgan fingerprint density at radius 2 is 1.79 bits per heavy atom. The summed E-state index contributed by atoms with van der Waals surface area (Å²) in [7, 11) is 1.46. The maximum Gasteiger partial charge on any atom is 0.329 e. The van der Waals surface area contributed by atoms with Gasteiger partial charge in [-0.25, -0.2) is 14.2 Å². The lowest BCUT2D eigenvalue weighted by Crippen LogP contribution is -2.32. The second-order valence-corrected chi connectivity index (χ2v) is 7.44. The van der Waals surface area contributed by atoms with Crippen LogP contribution >= 0.6 is 15.9 Å². The van der Waals surface area contributed by atoms with Crippen LogP contribution in [0.2, 0.25) is 0 Å². The lowest BCUT2D eigenvalue weighted by atomic mass is 10.2. The van der Waals surface area contributed by atoms with Crippen molar-refractivity contribution < 1.29 is 27.8 Å². The number of para-hydroxylation sites is 1. The van der Waals surface area contributed by atoms with Gasteiger partial charge in [-0.1, -0.05) is 24.3 Å². The normalized spacial score (nSPS) is 10.7. The number of methoxy groups -OCH3 is 1. The molecule has 0 aliphatic carbocycles. The van der Waals surface area contributed by atoms with Crippen molar-refractivity contribution in [3.63, 3.8) is 0 Å². The molecule has 2 amide bonds. The molecule has 0 saturated carbocycles. The lowest BCUT2D eigenvalue weighted by Gasteiger charge is -2.13. The van der Waals surface area contributed by atoms with E-state index >= 15 is 0 Å². The third kappa shape index (κ3) is 6.59. The van der Waals surface area contributed by atoms with Gasteiger partial charge in [0.1, 0.15) is 18.2 Å². The highest BCUT2D eigenvalue weighted by atomic mass is 79.9. The van der Waals surface area contributed by atoms with Crippen LogP contribution < -0.4 is 20.2 Å². The first-order valence-corrected chi connectivity index (χ1v) is 10.3. The number of benzene rings is 3. The van der Waals surface area contributed by atoms with Crippen LogP contribution in [-0.4, -0.2) is 25.1 Å². The lowest BCUT2D eigenvalue weighted by molar-refractivity contribution is -0.136. The highest BCUT2D eigenvalue weighted by Gasteiger charge is 2.15. The van der Waals surface area contributed by atoms with E-state index in [2.05, 4.69) is 31.8 Å². The third-order valence-corrected chi connectivity index (χ3v) is 4.85. The van der Waals surface area contributed by atoms with Crippen LogP contribution in [-0.2, 0) is 16.2 Å². The molecule has 0 aliphatic rings. The number of carbonyl (C=O) groups excluding carboxylic acids is 2. The first kappa shape index (κ1) is 23.9. The smallest absolute Gasteiger partial charge is 0.329 e. The molecule has 33 heavy (non-hydrogen) atoms. The summed E-state index contributed by atoms with van der Waals surface area (Å²) in [6.07, 6.45) is 1.30. The number of carbonyl (C=O) groups is 2. The molecule has 3 rings (SSSR count). The minimum Gasteiger partial charge on any atom is -0.493 e. The third-order valence-electron chi connectivity index (χ3n) is 4.26. The summed E-state index contributed by atoms with van der Waals surface area (Å²) in [5, 5.41) is 5.90. The molecule has 0 unspecified atom stereocenters. The fraction of sp³-hybridized carbons (Fsp3) is 0.0870. The molecule has 0 aliphatic heterocycles. The average molecular weight is 518 g/mol. The summed E-state index contributed by atoms with van der Waals surface area (Å²) in [6.45, 7) is 0.190. The summed E-state index contributed by atoms with van der Waals surface area (Å²) >= 11 is 3.40. The van der Waals surface area contributed by atoms with Gasteiger partial charge in [-0.05, 0) is 63.5 Å². The van der Waals surface area contributed by atoms with Crippen molar-refractivity contribution in [2.24, 2.45) is 5.10 Å². The van der Waals surface area contributed by atoms with Crippen molar-refractivity contribution in [1.29, 1.82) is 0 Å². The molecule has 0 fully saturated rings. The Kier molecular flexibility index (Phi) is 8.09. The number of hydrazone groups is 1. The Morgan fingerprint density at radius 3 is 2.48 bits per heavy atom. The maximum atomic E-state index is 13.6. The summed E-state index contributed by atoms with van der Waals surface area (Å²) in [4.78, 5) is 23.8. The molecule has 0 bridgehead atoms. The topological polar surface area (TPSA) is 89.0 Å². The first-order chi connectivity index (χ1) is 15.9. The number of nitrogens with zero attached hydrogens (tertiary/aromatic N) is 1. The Hall–Kier alpha value is -3.79. The second kappa shape index (κ2) is 11.2. The number of ether oxygens (including phenoxy) is 2. The monoisotopic (exact) mass is 517 g/mol. The summed E-state index contributed by atoms with van der Waals surface area (Å²) in [5.41, 5.74) is 3.25. The molecular weight excluding hydrogens is 500 g/mol. The Labute approximate surface area is 196 Å². The molecule has 0 radical (unpaired) electrons. The Morgan fingerprint density at radius 1 is 1.06 bits per heavy atom. The molecule has 0 heterocycles. The van der Waals surface area contributed by atoms with Crippen LogP contribution in [0.5, 0.6) is 11.5 Å². The molecule has 3 aromatic carbocycles. The molecule has 2 N–H and O–H groups in total. The van der Waals surface area contributed by atoms with Gasteiger partial charge in [0.2, 0.25) is 0 Å². The van der Waals surface area contributed by atoms with Crippen molar-refractivity contribution in [1.82, 2.24) is 5.43 Å². The number of hydrogen-bond donors (Lipinski definition) is 2. The van der Waals surface area contributed by atoms with Crippen LogP contribution in [0.3, 0.4) is 0 Å². The van der Waals surface area contributed by atoms with Gasteiger partial charge in [0.15, 0.2) is 11.5 Å². The number of rotatable bonds is 7. The summed E-state index contributed by atoms with van der Waals surface area (Å²) in [5.74, 6) is -2.33. The van der Waals surface area contributed by atoms with Gasteiger partial charge in [0.25, 0.3) is 0 Å². The van der Waals surface area contributed by atoms with Crippen LogP contribution in [0.4, 0.5) is 14.5 Å². The van der Waals surface area contributed by atoms with Crippen molar-refractivity contribution in [2.75, 3.05) is 12.4 Å². The highest BCUT2D eigenvalue weighted by Crippen LogP contribution is 2.36. The van der Waals surface area contributed by atoms with Crippen molar-refractivity contribution in [3.8, 4) is 11.5 Å². The fourth-order valence-corrected chi connectivity index (χ4v) is 3.22. The number of hydrogen-bond acceptors (Lipinski definition) is 5. The maximum absolute atomic E-state index is 13.6. The standard InChI is InChI=1S/C23H18BrF2N3O4/c1-32-20-11-15(10-17(24)21(20)33-13-14-6-8-16(25)9-7-14)12-27-29-23(31)22(30)28-19-5-3-2-4-18(19)26/h2-12H,13H2,1H3,(H,28,30)(H,29,31). The van der Waals surface area contributed by atoms with Crippen LogP contribution in [0.15, 0.2) is 70.2 Å². The molecule has 7 nitrogen and oxygen atoms in total. The van der Waals surface area contributed by atoms with E-state index in [0.29, 0.717) is 21.5 Å². The van der Waals surface area contributed by atoms with Crippen molar-refractivity contribution in [2.45, 2.75) is 6.61 Å². The molecule has 170 valence electrons. The molecule has 3 aromatic rings. The van der Waals surface area contributed by atoms with Crippen molar-refractivity contribution in [3.05, 3.63) is 87.9 Å². The molecule has 10 heteroatoms. The van der Waals surface area contributed by atoms with Crippen LogP contribution in [0.25, 0.3) is 0 Å². The van der Waals surface area contributed by atoms with Crippen LogP contribution in [0, 0.1) is 11.6 Å². The van der Waals surface area contributed by atoms with Gasteiger partial charge in [-0.3, -0.25) is 9.59 Å². The Bertz CT molecular complexity index is 1190. The molecule has 0 spiro atoms. The van der Waals surface area contributed by atoms with E-state index in [1.165, 1.54) is 43.7 Å². The first-order valence-electron chi connectivity index (χ1n) is 9.51. The molecule has 0 aromatic heterocycles. The fourth-order valence-electron chi connectivity index (χ4n) is 2.65. The van der Waals surface area contributed by atoms with Gasteiger partial charge in [-0.15, -0.1) is 0 Å². The number of halogens is 3. The summed E-state index contributed by atoms with van der Waals surface area (Å²) < 4.78 is 38.3. The van der Waals surface area contributed by atoms with Crippen LogP contribution in [0.1, 0.15) is 11.1 Å². The predicted octanol–water partition coefficient (Wildman–Crippen LogP) is 4.40. The zero-order valence-electron chi connectivity index (χ0n) is 17.3. The number of nitrogens with one attached hydrogen (secondary N) is 2. The Balaban J connectivity index is 1.62. The van der Waals surface area contributed by atoms with E-state index in [1.807, 2.05) is 0 Å². The van der Waals surface area contributed by atoms with Gasteiger partial charge in [0.05, 0.1) is 23.5 Å². The van der Waals surface area contributed by atoms with Crippen molar-refractivity contribution >= 4 is 39.6 Å². The molecular formula is C23H18BrF2N3O4. The van der Waals surface area contributed by atoms with E-state index in [0.717, 1.165) is 11.6 Å². The highest BCUT2D eigenvalue weighted by molar-refractivity contribution is 9.10. The zero-order valence-corrected chi connectivity index (χ0v) is 18.9. The molecule has 0 atom stereocenters. The van der Waals surface area contributed by atoms with E-state index in [-0.39, 0.29) is 18.1 Å². The van der Waals surface area contributed by atoms with E-state index in [9.17, 15) is 18.4 Å². The quantitative estimate of drug-likeness (QED) is 0.276. The number of amides is 2. The SMILES string of the molecule is COc1cc(C=NNC(=O)C(=O)Nc2ccccc2F)cc(Br)c1OCc1ccc(F)cc1. The molecule has 0 saturated heterocycles. The second-order valence-electron chi connectivity index (χ2n) is 6.58. The minimum atomic E-state index is -1.07. The average Bonchev–Trinajstić information content (AvgIpc) is 2.80. The van der Waals surface area contributed by atoms with E-state index in [4.69, 9.17) is 9.47 Å². The van der Waals surface area contributed by atoms with Gasteiger partial charge >= 0.3 is 11.8 Å². The van der Waals surface area contributed by atoms with Gasteiger partial charge in [0, 0.05) is 0 Å².